The van der Waals surface area contributed by atoms with E-state index >= 15 is 0 Å². The first kappa shape index (κ1) is 15.6. The average molecular weight is 323 g/mol. The van der Waals surface area contributed by atoms with Gasteiger partial charge in [0.1, 0.15) is 5.69 Å². The smallest absolute Gasteiger partial charge is 0.337 e. The molecule has 2 aromatic rings. The number of rotatable bonds is 2. The molecule has 23 heavy (non-hydrogen) atoms. The number of H-pyrrole nitrogens is 1. The molecule has 0 aliphatic carbocycles. The Balaban J connectivity index is 1.75. The summed E-state index contributed by atoms with van der Waals surface area (Å²) in [6.07, 6.45) is -3.83. The molecule has 1 aromatic heterocycles. The minimum Gasteiger partial charge on any atom is -0.337 e. The fourth-order valence-corrected chi connectivity index (χ4v) is 2.79. The number of hydrogen-bond donors (Lipinski definition) is 1. The molecular weight excluding hydrogens is 307 g/mol. The van der Waals surface area contributed by atoms with Crippen LogP contribution in [0.2, 0.25) is 0 Å². The van der Waals surface area contributed by atoms with Crippen LogP contribution >= 0.6 is 0 Å². The number of hydrogen-bond acceptors (Lipinski definition) is 2. The Hall–Kier alpha value is -2.31. The maximum atomic E-state index is 12.8. The van der Waals surface area contributed by atoms with E-state index in [9.17, 15) is 18.0 Å². The number of likely N-dealkylation sites (tertiary alicyclic amines) is 1. The zero-order valence-corrected chi connectivity index (χ0v) is 12.3. The molecule has 1 saturated heterocycles. The Kier molecular flexibility index (Phi) is 4.11. The van der Waals surface area contributed by atoms with Crippen molar-refractivity contribution in [1.29, 1.82) is 0 Å². The second-order valence-corrected chi connectivity index (χ2v) is 5.66. The summed E-state index contributed by atoms with van der Waals surface area (Å²) < 4.78 is 38.5. The lowest BCUT2D eigenvalue weighted by Crippen LogP contribution is -2.44. The Morgan fingerprint density at radius 1 is 1.26 bits per heavy atom. The summed E-state index contributed by atoms with van der Waals surface area (Å²) in [7, 11) is 0. The second kappa shape index (κ2) is 6.06. The standard InChI is InChI=1S/C16H16F3N3O/c17-16(18,19)12-7-4-8-22(10-12)15(23)14-9-13(20-21-14)11-5-2-1-3-6-11/h1-3,5-6,9,12H,4,7-8,10H2,(H,20,21). The highest BCUT2D eigenvalue weighted by molar-refractivity contribution is 5.93. The van der Waals surface area contributed by atoms with Gasteiger partial charge in [0.25, 0.3) is 5.91 Å². The fourth-order valence-electron chi connectivity index (χ4n) is 2.79. The van der Waals surface area contributed by atoms with Gasteiger partial charge in [-0.05, 0) is 18.9 Å². The van der Waals surface area contributed by atoms with Crippen molar-refractivity contribution in [3.05, 3.63) is 42.1 Å². The molecule has 7 heteroatoms. The molecule has 1 fully saturated rings. The van der Waals surface area contributed by atoms with Gasteiger partial charge in [-0.25, -0.2) is 0 Å². The molecule has 1 amide bonds. The van der Waals surface area contributed by atoms with Crippen molar-refractivity contribution < 1.29 is 18.0 Å². The number of halogens is 3. The van der Waals surface area contributed by atoms with Crippen LogP contribution in [0.15, 0.2) is 36.4 Å². The van der Waals surface area contributed by atoms with Gasteiger partial charge in [-0.2, -0.15) is 18.3 Å². The monoisotopic (exact) mass is 323 g/mol. The van der Waals surface area contributed by atoms with E-state index in [0.29, 0.717) is 18.7 Å². The average Bonchev–Trinajstić information content (AvgIpc) is 3.04. The van der Waals surface area contributed by atoms with Gasteiger partial charge in [-0.3, -0.25) is 9.89 Å². The van der Waals surface area contributed by atoms with Gasteiger partial charge in [0.2, 0.25) is 0 Å². The summed E-state index contributed by atoms with van der Waals surface area (Å²) in [6.45, 7) is 0.0487. The molecule has 1 aliphatic heterocycles. The highest BCUT2D eigenvalue weighted by atomic mass is 19.4. The largest absolute Gasteiger partial charge is 0.393 e. The van der Waals surface area contributed by atoms with E-state index in [0.717, 1.165) is 5.56 Å². The second-order valence-electron chi connectivity index (χ2n) is 5.66. The van der Waals surface area contributed by atoms with Crippen LogP contribution in [0.5, 0.6) is 0 Å². The lowest BCUT2D eigenvalue weighted by atomic mass is 9.97. The highest BCUT2D eigenvalue weighted by Gasteiger charge is 2.42. The zero-order chi connectivity index (χ0) is 16.4. The molecule has 4 nitrogen and oxygen atoms in total. The zero-order valence-electron chi connectivity index (χ0n) is 12.3. The van der Waals surface area contributed by atoms with Crippen LogP contribution in [0.4, 0.5) is 13.2 Å². The minimum absolute atomic E-state index is 0.0749. The molecule has 1 atom stereocenters. The SMILES string of the molecule is O=C(c1cc(-c2ccccc2)n[nH]1)N1CCCC(C(F)(F)F)C1. The lowest BCUT2D eigenvalue weighted by Gasteiger charge is -2.33. The number of nitrogens with one attached hydrogen (secondary N) is 1. The number of piperidine rings is 1. The van der Waals surface area contributed by atoms with Crippen molar-refractivity contribution >= 4 is 5.91 Å². The van der Waals surface area contributed by atoms with Crippen LogP contribution < -0.4 is 0 Å². The van der Waals surface area contributed by atoms with E-state index in [-0.39, 0.29) is 18.7 Å². The van der Waals surface area contributed by atoms with Gasteiger partial charge in [0, 0.05) is 18.7 Å². The molecule has 0 radical (unpaired) electrons. The van der Waals surface area contributed by atoms with Crippen LogP contribution in [0, 0.1) is 5.92 Å². The number of nitrogens with zero attached hydrogens (tertiary/aromatic N) is 2. The molecule has 0 saturated carbocycles. The van der Waals surface area contributed by atoms with Crippen molar-refractivity contribution in [3.63, 3.8) is 0 Å². The summed E-state index contributed by atoms with van der Waals surface area (Å²) in [5, 5.41) is 6.71. The quantitative estimate of drug-likeness (QED) is 0.920. The Labute approximate surface area is 131 Å². The summed E-state index contributed by atoms with van der Waals surface area (Å²) in [4.78, 5) is 13.7. The maximum absolute atomic E-state index is 12.8. The van der Waals surface area contributed by atoms with Crippen molar-refractivity contribution in [2.75, 3.05) is 13.1 Å². The van der Waals surface area contributed by atoms with Crippen LogP contribution in [0.3, 0.4) is 0 Å². The molecule has 1 N–H and O–H groups in total. The molecule has 0 bridgehead atoms. The van der Waals surface area contributed by atoms with Crippen LogP contribution in [0.1, 0.15) is 23.3 Å². The molecule has 1 aliphatic rings. The summed E-state index contributed by atoms with van der Waals surface area (Å²) >= 11 is 0. The predicted molar refractivity (Wildman–Crippen MR) is 78.7 cm³/mol. The van der Waals surface area contributed by atoms with E-state index in [2.05, 4.69) is 10.2 Å². The molecule has 1 aromatic carbocycles. The lowest BCUT2D eigenvalue weighted by molar-refractivity contribution is -0.184. The fraction of sp³-hybridized carbons (Fsp3) is 0.375. The summed E-state index contributed by atoms with van der Waals surface area (Å²) in [5.74, 6) is -1.88. The summed E-state index contributed by atoms with van der Waals surface area (Å²) in [6, 6.07) is 10.9. The van der Waals surface area contributed by atoms with Crippen LogP contribution in [0.25, 0.3) is 11.3 Å². The van der Waals surface area contributed by atoms with E-state index in [1.165, 1.54) is 4.90 Å². The number of carbonyl (C=O) groups excluding carboxylic acids is 1. The molecule has 0 spiro atoms. The van der Waals surface area contributed by atoms with E-state index in [4.69, 9.17) is 0 Å². The first-order valence-electron chi connectivity index (χ1n) is 7.42. The Morgan fingerprint density at radius 3 is 2.70 bits per heavy atom. The van der Waals surface area contributed by atoms with Crippen molar-refractivity contribution in [2.24, 2.45) is 5.92 Å². The topological polar surface area (TPSA) is 49.0 Å². The van der Waals surface area contributed by atoms with Crippen molar-refractivity contribution in [3.8, 4) is 11.3 Å². The number of amides is 1. The maximum Gasteiger partial charge on any atom is 0.393 e. The summed E-state index contributed by atoms with van der Waals surface area (Å²) in [5.41, 5.74) is 1.65. The molecular formula is C16H16F3N3O. The number of aromatic nitrogens is 2. The molecule has 2 heterocycles. The third-order valence-corrected chi connectivity index (χ3v) is 4.05. The minimum atomic E-state index is -4.26. The van der Waals surface area contributed by atoms with E-state index < -0.39 is 18.0 Å². The highest BCUT2D eigenvalue weighted by Crippen LogP contribution is 2.33. The Bertz CT molecular complexity index is 681. The molecule has 122 valence electrons. The predicted octanol–water partition coefficient (Wildman–Crippen LogP) is 3.49. The first-order valence-corrected chi connectivity index (χ1v) is 7.42. The van der Waals surface area contributed by atoms with Gasteiger partial charge in [0.05, 0.1) is 11.6 Å². The van der Waals surface area contributed by atoms with Crippen LogP contribution in [-0.2, 0) is 0 Å². The van der Waals surface area contributed by atoms with Crippen molar-refractivity contribution in [2.45, 2.75) is 19.0 Å². The van der Waals surface area contributed by atoms with E-state index in [1.807, 2.05) is 30.3 Å². The van der Waals surface area contributed by atoms with Gasteiger partial charge in [-0.1, -0.05) is 30.3 Å². The number of benzene rings is 1. The van der Waals surface area contributed by atoms with Gasteiger partial charge < -0.3 is 4.90 Å². The number of aromatic amines is 1. The van der Waals surface area contributed by atoms with E-state index in [1.54, 1.807) is 6.07 Å². The van der Waals surface area contributed by atoms with Crippen LogP contribution in [-0.4, -0.2) is 40.3 Å². The van der Waals surface area contributed by atoms with Gasteiger partial charge >= 0.3 is 6.18 Å². The number of alkyl halides is 3. The third-order valence-electron chi connectivity index (χ3n) is 4.05. The van der Waals surface area contributed by atoms with Crippen molar-refractivity contribution in [1.82, 2.24) is 15.1 Å². The third kappa shape index (κ3) is 3.38. The first-order chi connectivity index (χ1) is 10.9. The number of carbonyl (C=O) groups is 1. The normalized spacial score (nSPS) is 18.9. The van der Waals surface area contributed by atoms with Gasteiger partial charge in [0.15, 0.2) is 0 Å². The van der Waals surface area contributed by atoms with Gasteiger partial charge in [-0.15, -0.1) is 0 Å². The molecule has 1 unspecified atom stereocenters. The molecule has 3 rings (SSSR count). The Morgan fingerprint density at radius 2 is 2.00 bits per heavy atom.